The molecular formula is C16H34F2Si. The van der Waals surface area contributed by atoms with Gasteiger partial charge in [-0.15, -0.1) is 0 Å². The maximum Gasteiger partial charge on any atom is 0.425 e. The molecule has 0 nitrogen and oxygen atoms in total. The number of rotatable bonds is 14. The molecule has 0 aliphatic rings. The largest absolute Gasteiger partial charge is 0.425 e. The van der Waals surface area contributed by atoms with Crippen LogP contribution in [0, 0.1) is 0 Å². The van der Waals surface area contributed by atoms with Crippen molar-refractivity contribution < 1.29 is 8.22 Å². The van der Waals surface area contributed by atoms with Gasteiger partial charge in [-0.1, -0.05) is 90.9 Å². The molecule has 0 N–H and O–H groups in total. The van der Waals surface area contributed by atoms with Crippen molar-refractivity contribution in [1.29, 1.82) is 0 Å². The lowest BCUT2D eigenvalue weighted by Crippen LogP contribution is -2.21. The van der Waals surface area contributed by atoms with Gasteiger partial charge < -0.3 is 0 Å². The second-order valence-electron chi connectivity index (χ2n) is 5.89. The van der Waals surface area contributed by atoms with E-state index in [0.29, 0.717) is 0 Å². The number of hydrogen-bond acceptors (Lipinski definition) is 0. The smallest absolute Gasteiger partial charge is 0.270 e. The Hall–Kier alpha value is 0.0769. The molecule has 0 aliphatic heterocycles. The predicted octanol–water partition coefficient (Wildman–Crippen LogP) is 7.09. The molecule has 0 aromatic carbocycles. The maximum absolute atomic E-state index is 13.7. The summed E-state index contributed by atoms with van der Waals surface area (Å²) in [5.41, 5.74) is 0. The van der Waals surface area contributed by atoms with Crippen molar-refractivity contribution in [3.63, 3.8) is 0 Å². The molecule has 19 heavy (non-hydrogen) atoms. The lowest BCUT2D eigenvalue weighted by molar-refractivity contribution is 0.541. The van der Waals surface area contributed by atoms with Crippen LogP contribution in [0.25, 0.3) is 0 Å². The Kier molecular flexibility index (Phi) is 13.1. The molecule has 0 bridgehead atoms. The topological polar surface area (TPSA) is 0 Å². The van der Waals surface area contributed by atoms with Crippen LogP contribution in [0.15, 0.2) is 0 Å². The van der Waals surface area contributed by atoms with E-state index in [4.69, 9.17) is 0 Å². The van der Waals surface area contributed by atoms with Gasteiger partial charge in [0.05, 0.1) is 0 Å². The minimum absolute atomic E-state index is 0.244. The van der Waals surface area contributed by atoms with Crippen LogP contribution >= 0.6 is 0 Å². The van der Waals surface area contributed by atoms with Gasteiger partial charge in [-0.05, 0) is 12.1 Å². The Bertz CT molecular complexity index is 166. The van der Waals surface area contributed by atoms with Gasteiger partial charge in [0.2, 0.25) is 0 Å². The Morgan fingerprint density at radius 3 is 1.21 bits per heavy atom. The summed E-state index contributed by atoms with van der Waals surface area (Å²) in [6.45, 7) is 4.36. The molecule has 0 fully saturated rings. The maximum atomic E-state index is 13.7. The quantitative estimate of drug-likeness (QED) is 0.182. The fourth-order valence-electron chi connectivity index (χ4n) is 2.45. The molecule has 0 aromatic rings. The summed E-state index contributed by atoms with van der Waals surface area (Å²) in [6.07, 6.45) is 13.3. The summed E-state index contributed by atoms with van der Waals surface area (Å²) >= 11 is 0. The van der Waals surface area contributed by atoms with Crippen LogP contribution in [0.2, 0.25) is 12.1 Å². The third-order valence-electron chi connectivity index (χ3n) is 3.79. The van der Waals surface area contributed by atoms with E-state index in [2.05, 4.69) is 13.8 Å². The molecule has 0 heterocycles. The highest BCUT2D eigenvalue weighted by atomic mass is 28.4. The Balaban J connectivity index is 3.36. The first-order valence-electron chi connectivity index (χ1n) is 8.50. The average molecular weight is 293 g/mol. The molecule has 0 rings (SSSR count). The van der Waals surface area contributed by atoms with E-state index in [-0.39, 0.29) is 12.1 Å². The highest BCUT2D eigenvalue weighted by molar-refractivity contribution is 6.66. The van der Waals surface area contributed by atoms with Gasteiger partial charge >= 0.3 is 8.74 Å². The van der Waals surface area contributed by atoms with Gasteiger partial charge in [-0.3, -0.25) is 8.22 Å². The van der Waals surface area contributed by atoms with Crippen molar-refractivity contribution in [3.05, 3.63) is 0 Å². The van der Waals surface area contributed by atoms with Gasteiger partial charge in [0, 0.05) is 0 Å². The van der Waals surface area contributed by atoms with E-state index in [1.54, 1.807) is 0 Å². The SMILES string of the molecule is CCCCCCCC[Si](F)(F)CCCCCCCC. The number of hydrogen-bond donors (Lipinski definition) is 0. The first-order chi connectivity index (χ1) is 9.12. The lowest BCUT2D eigenvalue weighted by atomic mass is 10.1. The zero-order valence-electron chi connectivity index (χ0n) is 13.2. The van der Waals surface area contributed by atoms with E-state index < -0.39 is 8.74 Å². The monoisotopic (exact) mass is 292 g/mol. The second-order valence-corrected chi connectivity index (χ2v) is 8.60. The molecule has 0 atom stereocenters. The van der Waals surface area contributed by atoms with Crippen LogP contribution in [-0.2, 0) is 0 Å². The van der Waals surface area contributed by atoms with Gasteiger partial charge in [0.15, 0.2) is 0 Å². The third-order valence-corrected chi connectivity index (χ3v) is 5.96. The lowest BCUT2D eigenvalue weighted by Gasteiger charge is -2.12. The van der Waals surface area contributed by atoms with Crippen molar-refractivity contribution in [3.8, 4) is 0 Å². The van der Waals surface area contributed by atoms with Gasteiger partial charge in [0.1, 0.15) is 0 Å². The summed E-state index contributed by atoms with van der Waals surface area (Å²) < 4.78 is 27.4. The van der Waals surface area contributed by atoms with Crippen LogP contribution < -0.4 is 0 Å². The molecule has 0 unspecified atom stereocenters. The first kappa shape index (κ1) is 19.1. The molecule has 0 amide bonds. The van der Waals surface area contributed by atoms with Crippen LogP contribution in [0.5, 0.6) is 0 Å². The third kappa shape index (κ3) is 14.3. The molecule has 0 aromatic heterocycles. The van der Waals surface area contributed by atoms with Crippen LogP contribution in [0.1, 0.15) is 90.9 Å². The average Bonchev–Trinajstić information content (AvgIpc) is 2.38. The zero-order valence-corrected chi connectivity index (χ0v) is 14.2. The summed E-state index contributed by atoms with van der Waals surface area (Å²) in [4.78, 5) is 0. The number of unbranched alkanes of at least 4 members (excludes halogenated alkanes) is 10. The van der Waals surface area contributed by atoms with Crippen molar-refractivity contribution in [2.24, 2.45) is 0 Å². The summed E-state index contributed by atoms with van der Waals surface area (Å²) in [6, 6.07) is 0.488. The highest BCUT2D eigenvalue weighted by Gasteiger charge is 2.33. The van der Waals surface area contributed by atoms with E-state index in [1.165, 1.54) is 38.5 Å². The van der Waals surface area contributed by atoms with Crippen molar-refractivity contribution >= 4 is 8.74 Å². The molecule has 0 radical (unpaired) electrons. The highest BCUT2D eigenvalue weighted by Crippen LogP contribution is 2.25. The van der Waals surface area contributed by atoms with E-state index in [9.17, 15) is 8.22 Å². The molecule has 0 spiro atoms. The molecule has 0 aliphatic carbocycles. The second kappa shape index (κ2) is 13.1. The van der Waals surface area contributed by atoms with Gasteiger partial charge in [-0.25, -0.2) is 0 Å². The van der Waals surface area contributed by atoms with Gasteiger partial charge in [0.25, 0.3) is 0 Å². The Morgan fingerprint density at radius 1 is 0.526 bits per heavy atom. The van der Waals surface area contributed by atoms with Crippen molar-refractivity contribution in [2.45, 2.75) is 103 Å². The standard InChI is InChI=1S/C16H34F2Si/c1-3-5-7-9-11-13-15-19(17,18)16-14-12-10-8-6-4-2/h3-16H2,1-2H3. The molecule has 0 saturated heterocycles. The molecular weight excluding hydrogens is 258 g/mol. The van der Waals surface area contributed by atoms with Gasteiger partial charge in [-0.2, -0.15) is 0 Å². The van der Waals surface area contributed by atoms with Crippen molar-refractivity contribution in [1.82, 2.24) is 0 Å². The van der Waals surface area contributed by atoms with Crippen LogP contribution in [0.3, 0.4) is 0 Å². The predicted molar refractivity (Wildman–Crippen MR) is 84.3 cm³/mol. The Labute approximate surface area is 120 Å². The normalized spacial score (nSPS) is 12.0. The summed E-state index contributed by atoms with van der Waals surface area (Å²) in [5, 5.41) is 0. The molecule has 116 valence electrons. The summed E-state index contributed by atoms with van der Waals surface area (Å²) in [5.74, 6) is 0. The molecule has 3 heteroatoms. The van der Waals surface area contributed by atoms with E-state index in [1.807, 2.05) is 0 Å². The van der Waals surface area contributed by atoms with E-state index in [0.717, 1.165) is 38.5 Å². The van der Waals surface area contributed by atoms with Crippen LogP contribution in [0.4, 0.5) is 8.22 Å². The fraction of sp³-hybridized carbons (Fsp3) is 1.00. The van der Waals surface area contributed by atoms with E-state index >= 15 is 0 Å². The zero-order chi connectivity index (χ0) is 14.4. The minimum atomic E-state index is -3.84. The Morgan fingerprint density at radius 2 is 0.842 bits per heavy atom. The minimum Gasteiger partial charge on any atom is -0.270 e. The summed E-state index contributed by atoms with van der Waals surface area (Å²) in [7, 11) is -3.84. The fourth-order valence-corrected chi connectivity index (χ4v) is 4.24. The number of halogens is 2. The first-order valence-corrected chi connectivity index (χ1v) is 10.7. The van der Waals surface area contributed by atoms with Crippen LogP contribution in [-0.4, -0.2) is 8.74 Å². The molecule has 0 saturated carbocycles. The van der Waals surface area contributed by atoms with Crippen molar-refractivity contribution in [2.75, 3.05) is 0 Å².